The van der Waals surface area contributed by atoms with E-state index in [-0.39, 0.29) is 10.8 Å². The first-order valence-corrected chi connectivity index (χ1v) is 12.4. The molecule has 32 heavy (non-hydrogen) atoms. The molecule has 0 atom stereocenters. The largest absolute Gasteiger partial charge is 0.0683 e. The van der Waals surface area contributed by atoms with E-state index in [4.69, 9.17) is 0 Å². The average Bonchev–Trinajstić information content (AvgIpc) is 2.97. The summed E-state index contributed by atoms with van der Waals surface area (Å²) in [5.74, 6) is 0.670. The van der Waals surface area contributed by atoms with Crippen molar-refractivity contribution in [3.05, 3.63) is 93.5 Å². The van der Waals surface area contributed by atoms with Gasteiger partial charge in [-0.05, 0) is 82.3 Å². The van der Waals surface area contributed by atoms with Gasteiger partial charge in [-0.25, -0.2) is 0 Å². The van der Waals surface area contributed by atoms with Crippen LogP contribution in [-0.2, 0) is 17.3 Å². The highest BCUT2D eigenvalue weighted by Gasteiger charge is 2.37. The maximum Gasteiger partial charge on any atom is 0.0158 e. The Labute approximate surface area is 197 Å². The van der Waals surface area contributed by atoms with Crippen molar-refractivity contribution < 1.29 is 0 Å². The van der Waals surface area contributed by atoms with E-state index in [9.17, 15) is 0 Å². The van der Waals surface area contributed by atoms with Gasteiger partial charge >= 0.3 is 0 Å². The zero-order valence-corrected chi connectivity index (χ0v) is 22.0. The molecule has 1 aliphatic carbocycles. The Balaban J connectivity index is 0.00000141. The minimum atomic E-state index is -0.0438. The first-order valence-electron chi connectivity index (χ1n) is 12.4. The number of hydrogen-bond donors (Lipinski definition) is 0. The Hall–Kier alpha value is -2.34. The smallest absolute Gasteiger partial charge is 0.0158 e. The van der Waals surface area contributed by atoms with E-state index in [1.165, 1.54) is 50.1 Å². The second kappa shape index (κ2) is 8.89. The second-order valence-electron chi connectivity index (χ2n) is 10.8. The van der Waals surface area contributed by atoms with Gasteiger partial charge in [0.2, 0.25) is 0 Å². The molecule has 0 heteroatoms. The highest BCUT2D eigenvalue weighted by Crippen LogP contribution is 2.50. The second-order valence-corrected chi connectivity index (χ2v) is 10.8. The predicted octanol–water partition coefficient (Wildman–Crippen LogP) is 9.16. The van der Waals surface area contributed by atoms with Gasteiger partial charge in [0.15, 0.2) is 0 Å². The summed E-state index contributed by atoms with van der Waals surface area (Å²) in [6.07, 6.45) is 1.13. The molecule has 1 aliphatic rings. The fourth-order valence-corrected chi connectivity index (χ4v) is 5.62. The molecule has 3 aromatic rings. The fourth-order valence-electron chi connectivity index (χ4n) is 5.62. The van der Waals surface area contributed by atoms with Gasteiger partial charge in [0.25, 0.3) is 0 Å². The van der Waals surface area contributed by atoms with Gasteiger partial charge in [0.1, 0.15) is 0 Å². The van der Waals surface area contributed by atoms with E-state index in [2.05, 4.69) is 110 Å². The summed E-state index contributed by atoms with van der Waals surface area (Å²) in [7, 11) is 0. The lowest BCUT2D eigenvalue weighted by Gasteiger charge is -2.32. The highest BCUT2D eigenvalue weighted by molar-refractivity contribution is 5.82. The van der Waals surface area contributed by atoms with Crippen LogP contribution in [0.4, 0.5) is 0 Å². The summed E-state index contributed by atoms with van der Waals surface area (Å²) < 4.78 is 0. The molecule has 170 valence electrons. The Morgan fingerprint density at radius 3 is 2.03 bits per heavy atom. The minimum Gasteiger partial charge on any atom is -0.0683 e. The molecule has 0 aromatic heterocycles. The zero-order valence-electron chi connectivity index (χ0n) is 22.0. The fraction of sp³-hybridized carbons (Fsp3) is 0.438. The van der Waals surface area contributed by atoms with Gasteiger partial charge in [-0.3, -0.25) is 0 Å². The van der Waals surface area contributed by atoms with Crippen LogP contribution in [0, 0.1) is 19.8 Å². The maximum atomic E-state index is 2.49. The molecule has 0 amide bonds. The Morgan fingerprint density at radius 2 is 1.38 bits per heavy atom. The zero-order chi connectivity index (χ0) is 23.8. The van der Waals surface area contributed by atoms with Gasteiger partial charge in [-0.1, -0.05) is 104 Å². The Kier molecular flexibility index (Phi) is 6.75. The maximum absolute atomic E-state index is 2.49. The van der Waals surface area contributed by atoms with E-state index in [1.807, 2.05) is 13.8 Å². The topological polar surface area (TPSA) is 0 Å². The molecule has 0 fully saturated rings. The molecule has 0 aliphatic heterocycles. The molecule has 0 saturated heterocycles. The van der Waals surface area contributed by atoms with E-state index in [0.717, 1.165) is 6.42 Å². The molecule has 3 aromatic carbocycles. The molecular formula is C32H42. The van der Waals surface area contributed by atoms with Crippen molar-refractivity contribution in [1.29, 1.82) is 0 Å². The third-order valence-corrected chi connectivity index (χ3v) is 7.22. The van der Waals surface area contributed by atoms with Crippen LogP contribution in [-0.4, -0.2) is 0 Å². The number of aryl methyl sites for hydroxylation is 2. The third kappa shape index (κ3) is 4.05. The van der Waals surface area contributed by atoms with Crippen LogP contribution in [0.5, 0.6) is 0 Å². The summed E-state index contributed by atoms with van der Waals surface area (Å²) in [6, 6.07) is 21.0. The average molecular weight is 427 g/mol. The van der Waals surface area contributed by atoms with Gasteiger partial charge in [-0.2, -0.15) is 0 Å². The van der Waals surface area contributed by atoms with E-state index < -0.39 is 0 Å². The van der Waals surface area contributed by atoms with Crippen LogP contribution in [0.25, 0.3) is 11.1 Å². The predicted molar refractivity (Wildman–Crippen MR) is 142 cm³/mol. The molecule has 0 unspecified atom stereocenters. The van der Waals surface area contributed by atoms with Gasteiger partial charge in [0.05, 0.1) is 0 Å². The van der Waals surface area contributed by atoms with Crippen molar-refractivity contribution in [2.45, 2.75) is 86.5 Å². The van der Waals surface area contributed by atoms with Crippen molar-refractivity contribution in [3.63, 3.8) is 0 Å². The molecule has 0 radical (unpaired) electrons. The van der Waals surface area contributed by atoms with Crippen molar-refractivity contribution >= 4 is 0 Å². The van der Waals surface area contributed by atoms with E-state index in [1.54, 1.807) is 0 Å². The lowest BCUT2D eigenvalue weighted by molar-refractivity contribution is 0.618. The molecule has 0 heterocycles. The number of fused-ring (bicyclic) bond motifs is 3. The lowest BCUT2D eigenvalue weighted by atomic mass is 9.72. The van der Waals surface area contributed by atoms with E-state index in [0.29, 0.717) is 5.92 Å². The van der Waals surface area contributed by atoms with Crippen molar-refractivity contribution in [3.8, 4) is 11.1 Å². The van der Waals surface area contributed by atoms with Crippen molar-refractivity contribution in [1.82, 2.24) is 0 Å². The SMILES string of the molecule is CC.Cc1ccc(CC(C)C)cc1C(C)(C)c1cc2c(cc1C)C(C)(C)c1ccccc1-2. The summed E-state index contributed by atoms with van der Waals surface area (Å²) >= 11 is 0. The summed E-state index contributed by atoms with van der Waals surface area (Å²) in [6.45, 7) is 22.7. The van der Waals surface area contributed by atoms with Crippen molar-refractivity contribution in [2.75, 3.05) is 0 Å². The number of rotatable bonds is 4. The number of benzene rings is 3. The first-order chi connectivity index (χ1) is 15.0. The quantitative estimate of drug-likeness (QED) is 0.390. The van der Waals surface area contributed by atoms with Crippen LogP contribution in [0.3, 0.4) is 0 Å². The molecule has 0 spiro atoms. The molecule has 0 N–H and O–H groups in total. The van der Waals surface area contributed by atoms with Crippen LogP contribution in [0.15, 0.2) is 54.6 Å². The van der Waals surface area contributed by atoms with Gasteiger partial charge < -0.3 is 0 Å². The monoisotopic (exact) mass is 426 g/mol. The van der Waals surface area contributed by atoms with Crippen LogP contribution in [0.2, 0.25) is 0 Å². The summed E-state index contributed by atoms with van der Waals surface area (Å²) in [5.41, 5.74) is 12.9. The number of hydrogen-bond acceptors (Lipinski definition) is 0. The molecule has 0 bridgehead atoms. The van der Waals surface area contributed by atoms with Crippen molar-refractivity contribution in [2.24, 2.45) is 5.92 Å². The van der Waals surface area contributed by atoms with E-state index >= 15 is 0 Å². The van der Waals surface area contributed by atoms with Gasteiger partial charge in [-0.15, -0.1) is 0 Å². The molecular weight excluding hydrogens is 384 g/mol. The lowest BCUT2D eigenvalue weighted by Crippen LogP contribution is -2.23. The molecule has 0 saturated carbocycles. The standard InChI is InChI=1S/C30H36.C2H6/c1-19(2)15-22-14-13-20(3)26(17-22)30(7,8)27-18-24-23-11-9-10-12-25(23)29(5,6)28(24)16-21(27)4;1-2/h9-14,16-19H,15H2,1-8H3;1-2H3. The summed E-state index contributed by atoms with van der Waals surface area (Å²) in [5, 5.41) is 0. The van der Waals surface area contributed by atoms with Crippen LogP contribution >= 0.6 is 0 Å². The van der Waals surface area contributed by atoms with Crippen LogP contribution < -0.4 is 0 Å². The third-order valence-electron chi connectivity index (χ3n) is 7.22. The normalized spacial score (nSPS) is 14.0. The Bertz CT molecular complexity index is 1110. The summed E-state index contributed by atoms with van der Waals surface area (Å²) in [4.78, 5) is 0. The van der Waals surface area contributed by atoms with Crippen LogP contribution in [0.1, 0.15) is 94.3 Å². The van der Waals surface area contributed by atoms with Gasteiger partial charge in [0, 0.05) is 10.8 Å². The molecule has 4 rings (SSSR count). The molecule has 0 nitrogen and oxygen atoms in total. The minimum absolute atomic E-state index is 0.0438. The first kappa shape index (κ1) is 24.3. The highest BCUT2D eigenvalue weighted by atomic mass is 14.4. The Morgan fingerprint density at radius 1 is 0.750 bits per heavy atom.